The molecule has 47 heavy (non-hydrogen) atoms. The third kappa shape index (κ3) is 6.81. The molecule has 0 saturated carbocycles. The summed E-state index contributed by atoms with van der Waals surface area (Å²) in [7, 11) is 0. The molecule has 1 aliphatic heterocycles. The maximum atomic E-state index is 14.3. The SMILES string of the molecule is CCOC(=O)C1=C(c2ccccc2)N=c2s/c(=C\c3cc(Cl)ccc3OCc3ccc(C#N)cc3)c(=O)n2[C@@H]1c1ccc(SC)cc1. The Kier molecular flexibility index (Phi) is 9.73. The first kappa shape index (κ1) is 32.1. The van der Waals surface area contributed by atoms with Crippen LogP contribution in [0.1, 0.15) is 40.8 Å². The molecule has 0 bridgehead atoms. The topological polar surface area (TPSA) is 93.7 Å². The van der Waals surface area contributed by atoms with Crippen molar-refractivity contribution >= 4 is 52.4 Å². The fraction of sp³-hybridized carbons (Fsp3) is 0.135. The molecule has 0 spiro atoms. The lowest BCUT2D eigenvalue weighted by Gasteiger charge is -2.26. The number of fused-ring (bicyclic) bond motifs is 1. The first-order chi connectivity index (χ1) is 22.9. The van der Waals surface area contributed by atoms with E-state index in [0.29, 0.717) is 42.5 Å². The molecule has 0 amide bonds. The molecular weight excluding hydrogens is 650 g/mol. The van der Waals surface area contributed by atoms with Crippen LogP contribution in [-0.2, 0) is 16.1 Å². The van der Waals surface area contributed by atoms with Crippen molar-refractivity contribution in [3.63, 3.8) is 0 Å². The predicted octanol–water partition coefficient (Wildman–Crippen LogP) is 6.76. The van der Waals surface area contributed by atoms with Crippen LogP contribution < -0.4 is 19.6 Å². The smallest absolute Gasteiger partial charge is 0.338 e. The second-order valence-electron chi connectivity index (χ2n) is 10.5. The first-order valence-electron chi connectivity index (χ1n) is 14.7. The Morgan fingerprint density at radius 2 is 1.81 bits per heavy atom. The average Bonchev–Trinajstić information content (AvgIpc) is 3.41. The maximum Gasteiger partial charge on any atom is 0.338 e. The van der Waals surface area contributed by atoms with E-state index in [4.69, 9.17) is 31.3 Å². The minimum atomic E-state index is -0.773. The number of nitrogens with zero attached hydrogens (tertiary/aromatic N) is 3. The summed E-state index contributed by atoms with van der Waals surface area (Å²) in [6, 6.07) is 31.0. The van der Waals surface area contributed by atoms with Crippen molar-refractivity contribution < 1.29 is 14.3 Å². The Bertz CT molecular complexity index is 2200. The summed E-state index contributed by atoms with van der Waals surface area (Å²) < 4.78 is 13.7. The number of nitriles is 1. The number of hydrogen-bond acceptors (Lipinski definition) is 8. The van der Waals surface area contributed by atoms with Crippen LogP contribution in [0, 0.1) is 11.3 Å². The summed E-state index contributed by atoms with van der Waals surface area (Å²) in [6.45, 7) is 2.18. The largest absolute Gasteiger partial charge is 0.488 e. The van der Waals surface area contributed by atoms with Gasteiger partial charge < -0.3 is 9.47 Å². The van der Waals surface area contributed by atoms with E-state index in [9.17, 15) is 9.59 Å². The summed E-state index contributed by atoms with van der Waals surface area (Å²) in [5.74, 6) is 0.00245. The molecule has 0 saturated heterocycles. The highest BCUT2D eigenvalue weighted by molar-refractivity contribution is 7.98. The molecule has 0 unspecified atom stereocenters. The van der Waals surface area contributed by atoms with Gasteiger partial charge in [0.2, 0.25) is 0 Å². The number of rotatable bonds is 9. The third-order valence-corrected chi connectivity index (χ3v) is 9.50. The second kappa shape index (κ2) is 14.3. The molecule has 4 aromatic carbocycles. The van der Waals surface area contributed by atoms with Gasteiger partial charge in [0.25, 0.3) is 5.56 Å². The number of benzene rings is 4. The number of carbonyl (C=O) groups is 1. The fourth-order valence-corrected chi connectivity index (χ4v) is 6.86. The Hall–Kier alpha value is -4.88. The van der Waals surface area contributed by atoms with Crippen LogP contribution in [0.3, 0.4) is 0 Å². The zero-order chi connectivity index (χ0) is 32.9. The monoisotopic (exact) mass is 677 g/mol. The number of ether oxygens (including phenoxy) is 2. The van der Waals surface area contributed by atoms with E-state index < -0.39 is 12.0 Å². The zero-order valence-corrected chi connectivity index (χ0v) is 27.9. The molecule has 1 aromatic heterocycles. The predicted molar refractivity (Wildman–Crippen MR) is 186 cm³/mol. The van der Waals surface area contributed by atoms with Gasteiger partial charge in [0.1, 0.15) is 12.4 Å². The number of esters is 1. The number of hydrogen-bond donors (Lipinski definition) is 0. The molecular formula is C37H28ClN3O4S2. The van der Waals surface area contributed by atoms with Crippen molar-refractivity contribution in [3.8, 4) is 11.8 Å². The van der Waals surface area contributed by atoms with E-state index in [1.165, 1.54) is 11.3 Å². The number of thiazole rings is 1. The Morgan fingerprint density at radius 3 is 2.49 bits per heavy atom. The summed E-state index contributed by atoms with van der Waals surface area (Å²) in [5.41, 5.74) is 4.02. The molecule has 1 aliphatic rings. The van der Waals surface area contributed by atoms with Gasteiger partial charge in [-0.25, -0.2) is 9.79 Å². The lowest BCUT2D eigenvalue weighted by Crippen LogP contribution is -2.40. The molecule has 0 radical (unpaired) electrons. The van der Waals surface area contributed by atoms with Crippen LogP contribution in [-0.4, -0.2) is 23.4 Å². The quantitative estimate of drug-likeness (QED) is 0.126. The number of aromatic nitrogens is 1. The fourth-order valence-electron chi connectivity index (χ4n) is 5.28. The highest BCUT2D eigenvalue weighted by Crippen LogP contribution is 2.36. The summed E-state index contributed by atoms with van der Waals surface area (Å²) in [4.78, 5) is 34.5. The molecule has 6 rings (SSSR count). The molecule has 1 atom stereocenters. The van der Waals surface area contributed by atoms with Gasteiger partial charge in [0.15, 0.2) is 4.80 Å². The minimum Gasteiger partial charge on any atom is -0.488 e. The molecule has 234 valence electrons. The van der Waals surface area contributed by atoms with Crippen molar-refractivity contribution in [2.24, 2.45) is 4.99 Å². The van der Waals surface area contributed by atoms with E-state index in [1.807, 2.05) is 73.0 Å². The second-order valence-corrected chi connectivity index (χ2v) is 12.8. The normalized spacial score (nSPS) is 14.3. The lowest BCUT2D eigenvalue weighted by atomic mass is 9.93. The Morgan fingerprint density at radius 1 is 1.06 bits per heavy atom. The summed E-state index contributed by atoms with van der Waals surface area (Å²) in [5, 5.41) is 9.59. The van der Waals surface area contributed by atoms with Crippen LogP contribution in [0.2, 0.25) is 5.02 Å². The molecule has 5 aromatic rings. The molecule has 2 heterocycles. The van der Waals surface area contributed by atoms with E-state index in [0.717, 1.165) is 21.6 Å². The molecule has 0 fully saturated rings. The van der Waals surface area contributed by atoms with Gasteiger partial charge in [-0.05, 0) is 72.8 Å². The minimum absolute atomic E-state index is 0.174. The lowest BCUT2D eigenvalue weighted by molar-refractivity contribution is -0.138. The van der Waals surface area contributed by atoms with Crippen LogP contribution in [0.4, 0.5) is 0 Å². The number of carbonyl (C=O) groups excluding carboxylic acids is 1. The van der Waals surface area contributed by atoms with E-state index in [2.05, 4.69) is 6.07 Å². The van der Waals surface area contributed by atoms with Crippen LogP contribution in [0.15, 0.2) is 117 Å². The molecule has 0 aliphatic carbocycles. The van der Waals surface area contributed by atoms with Crippen molar-refractivity contribution in [1.82, 2.24) is 4.57 Å². The summed E-state index contributed by atoms with van der Waals surface area (Å²) >= 11 is 9.25. The van der Waals surface area contributed by atoms with E-state index in [1.54, 1.807) is 59.7 Å². The van der Waals surface area contributed by atoms with Crippen molar-refractivity contribution in [2.75, 3.05) is 12.9 Å². The van der Waals surface area contributed by atoms with Gasteiger partial charge in [-0.2, -0.15) is 5.26 Å². The first-order valence-corrected chi connectivity index (χ1v) is 17.2. The van der Waals surface area contributed by atoms with E-state index in [-0.39, 0.29) is 18.8 Å². The third-order valence-electron chi connectivity index (χ3n) is 7.54. The highest BCUT2D eigenvalue weighted by Gasteiger charge is 2.35. The Labute approximate surface area is 284 Å². The van der Waals surface area contributed by atoms with Crippen LogP contribution in [0.25, 0.3) is 11.8 Å². The average molecular weight is 678 g/mol. The maximum absolute atomic E-state index is 14.3. The van der Waals surface area contributed by atoms with Gasteiger partial charge in [0.05, 0.1) is 40.1 Å². The molecule has 0 N–H and O–H groups in total. The standard InChI is InChI=1S/C37H28ClN3O4S2/c1-3-44-36(43)32-33(25-7-5-4-6-8-25)40-37-41(34(32)26-13-16-29(46-2)17-14-26)35(42)31(47-37)20-27-19-28(38)15-18-30(27)45-22-24-11-9-23(21-39)10-12-24/h4-20,34H,3,22H2,1-2H3/b31-20-/t34-/m1/s1. The van der Waals surface area contributed by atoms with Crippen LogP contribution >= 0.6 is 34.7 Å². The van der Waals surface area contributed by atoms with Crippen molar-refractivity contribution in [2.45, 2.75) is 24.5 Å². The van der Waals surface area contributed by atoms with Crippen molar-refractivity contribution in [3.05, 3.63) is 155 Å². The van der Waals surface area contributed by atoms with Gasteiger partial charge in [-0.15, -0.1) is 11.8 Å². The van der Waals surface area contributed by atoms with Crippen molar-refractivity contribution in [1.29, 1.82) is 5.26 Å². The number of halogens is 1. The van der Waals surface area contributed by atoms with Gasteiger partial charge in [-0.1, -0.05) is 77.5 Å². The zero-order valence-electron chi connectivity index (χ0n) is 25.5. The van der Waals surface area contributed by atoms with Gasteiger partial charge >= 0.3 is 5.97 Å². The van der Waals surface area contributed by atoms with Crippen LogP contribution in [0.5, 0.6) is 5.75 Å². The molecule has 7 nitrogen and oxygen atoms in total. The Balaban J connectivity index is 1.51. The molecule has 10 heteroatoms. The number of thioether (sulfide) groups is 1. The highest BCUT2D eigenvalue weighted by atomic mass is 35.5. The van der Waals surface area contributed by atoms with Gasteiger partial charge in [0, 0.05) is 21.0 Å². The van der Waals surface area contributed by atoms with Gasteiger partial charge in [-0.3, -0.25) is 9.36 Å². The summed E-state index contributed by atoms with van der Waals surface area (Å²) in [6.07, 6.45) is 3.74. The van der Waals surface area contributed by atoms with E-state index >= 15 is 0 Å².